The zero-order valence-electron chi connectivity index (χ0n) is 40.1. The number of ether oxygens (including phenoxy) is 4. The van der Waals surface area contributed by atoms with Crippen molar-refractivity contribution in [2.45, 2.75) is 85.5 Å². The second kappa shape index (κ2) is 22.6. The summed E-state index contributed by atoms with van der Waals surface area (Å²) in [6.07, 6.45) is 4.61. The Labute approximate surface area is 394 Å². The minimum Gasteiger partial charge on any atom is -0.511 e. The lowest BCUT2D eigenvalue weighted by atomic mass is 9.59. The van der Waals surface area contributed by atoms with Gasteiger partial charge < -0.3 is 29.2 Å². The number of hydrogen-bond donors (Lipinski definition) is 2. The molecule has 4 rings (SSSR count). The van der Waals surface area contributed by atoms with Crippen molar-refractivity contribution < 1.29 is 57.9 Å². The number of aliphatic hydroxyl groups is 2. The minimum absolute atomic E-state index is 0.0676. The van der Waals surface area contributed by atoms with Gasteiger partial charge in [-0.2, -0.15) is 0 Å². The van der Waals surface area contributed by atoms with Crippen molar-refractivity contribution in [3.8, 4) is 23.0 Å². The van der Waals surface area contributed by atoms with Crippen LogP contribution in [0.3, 0.4) is 0 Å². The van der Waals surface area contributed by atoms with Gasteiger partial charge in [-0.15, -0.1) is 26.3 Å². The van der Waals surface area contributed by atoms with E-state index in [1.54, 1.807) is 64.1 Å². The lowest BCUT2D eigenvalue weighted by Crippen LogP contribution is -2.51. The maximum atomic E-state index is 15.0. The van der Waals surface area contributed by atoms with Crippen LogP contribution >= 0.6 is 0 Å². The maximum Gasteiger partial charge on any atom is 0.180 e. The first kappa shape index (κ1) is 52.8. The van der Waals surface area contributed by atoms with Crippen LogP contribution in [0, 0.1) is 22.7 Å². The predicted octanol–water partition coefficient (Wildman–Crippen LogP) is 10.5. The summed E-state index contributed by atoms with van der Waals surface area (Å²) in [6, 6.07) is 9.94. The molecular formula is C55H64O12. The molecule has 356 valence electrons. The standard InChI is InChI=1S/C55H64O12/c1-32(2)23-27-54(28-24-33(3)4)50(60)38(48(58)46(52(54)62)40(56)21-19-36-42(64-9)15-13-16-43(36)65-10)31-39-49(59)47(41(57)22-20-37-44(66-11)17-14-18-45(37)67-12)53(63)55(51(39)61,29-25-34(5)6)30-26-35(7)8/h13-22,46-47,60-61H,1,3,5,7,23-31H2,2,4,6,8-12H3. The van der Waals surface area contributed by atoms with Gasteiger partial charge in [0.1, 0.15) is 46.4 Å². The molecule has 2 aliphatic carbocycles. The molecule has 0 fully saturated rings. The van der Waals surface area contributed by atoms with E-state index in [1.807, 2.05) is 0 Å². The number of aliphatic hydroxyl groups excluding tert-OH is 2. The lowest BCUT2D eigenvalue weighted by Gasteiger charge is -2.41. The van der Waals surface area contributed by atoms with Gasteiger partial charge in [-0.05, 0) is 128 Å². The second-order valence-electron chi connectivity index (χ2n) is 17.8. The molecule has 0 saturated carbocycles. The molecule has 0 amide bonds. The fourth-order valence-corrected chi connectivity index (χ4v) is 8.75. The first-order valence-electron chi connectivity index (χ1n) is 22.1. The zero-order valence-corrected chi connectivity index (χ0v) is 40.1. The smallest absolute Gasteiger partial charge is 0.180 e. The average Bonchev–Trinajstić information content (AvgIpc) is 3.29. The van der Waals surface area contributed by atoms with Gasteiger partial charge in [-0.1, -0.05) is 34.4 Å². The van der Waals surface area contributed by atoms with Crippen LogP contribution in [0.5, 0.6) is 23.0 Å². The molecule has 2 unspecified atom stereocenters. The number of allylic oxidation sites excluding steroid dienone is 10. The van der Waals surface area contributed by atoms with Crippen molar-refractivity contribution in [2.75, 3.05) is 28.4 Å². The van der Waals surface area contributed by atoms with Crippen LogP contribution in [0.25, 0.3) is 12.2 Å². The fourth-order valence-electron chi connectivity index (χ4n) is 8.75. The third-order valence-corrected chi connectivity index (χ3v) is 12.7. The number of benzene rings is 2. The molecule has 2 atom stereocenters. The first-order valence-corrected chi connectivity index (χ1v) is 22.1. The summed E-state index contributed by atoms with van der Waals surface area (Å²) in [7, 11) is 5.73. The minimum atomic E-state index is -2.01. The van der Waals surface area contributed by atoms with Crippen molar-refractivity contribution in [2.24, 2.45) is 22.7 Å². The van der Waals surface area contributed by atoms with E-state index in [9.17, 15) is 39.0 Å². The van der Waals surface area contributed by atoms with Crippen molar-refractivity contribution >= 4 is 46.9 Å². The van der Waals surface area contributed by atoms with Gasteiger partial charge in [-0.3, -0.25) is 28.8 Å². The van der Waals surface area contributed by atoms with Gasteiger partial charge in [0.2, 0.25) is 0 Å². The van der Waals surface area contributed by atoms with Crippen molar-refractivity contribution in [1.29, 1.82) is 0 Å². The molecule has 2 aliphatic rings. The summed E-state index contributed by atoms with van der Waals surface area (Å²) in [5.41, 5.74) is -1.36. The molecule has 12 heteroatoms. The highest BCUT2D eigenvalue weighted by molar-refractivity contribution is 6.33. The SMILES string of the molecule is C=C(C)CCC1(CCC(=C)C)C(=O)C(C(=O)C=Cc2c(OC)cccc2OC)C(=O)C(CC2=C(O)C(CCC(=C)C)(CCC(=C)C)C(=O)C(C(=O)C=Cc3c(OC)cccc3OC)C2=O)=C1O. The maximum absolute atomic E-state index is 15.0. The van der Waals surface area contributed by atoms with E-state index < -0.39 is 86.5 Å². The number of Topliss-reactive ketones (excluding diaryl/α,β-unsaturated/α-hetero) is 4. The van der Waals surface area contributed by atoms with Crippen LogP contribution in [0.2, 0.25) is 0 Å². The van der Waals surface area contributed by atoms with Crippen LogP contribution in [0.4, 0.5) is 0 Å². The highest BCUT2D eigenvalue weighted by atomic mass is 16.5. The molecule has 0 saturated heterocycles. The van der Waals surface area contributed by atoms with Crippen molar-refractivity contribution in [3.05, 3.63) is 131 Å². The zero-order chi connectivity index (χ0) is 50.0. The number of rotatable bonds is 24. The molecule has 0 spiro atoms. The summed E-state index contributed by atoms with van der Waals surface area (Å²) in [5.74, 6) is -9.73. The number of carbonyl (C=O) groups excluding carboxylic acids is 6. The topological polar surface area (TPSA) is 180 Å². The molecule has 12 nitrogen and oxygen atoms in total. The second-order valence-corrected chi connectivity index (χ2v) is 17.8. The molecule has 0 aliphatic heterocycles. The Balaban J connectivity index is 2.04. The largest absolute Gasteiger partial charge is 0.511 e. The lowest BCUT2D eigenvalue weighted by molar-refractivity contribution is -0.146. The Morgan fingerprint density at radius 2 is 0.806 bits per heavy atom. The third kappa shape index (κ3) is 11.2. The van der Waals surface area contributed by atoms with Gasteiger partial charge in [-0.25, -0.2) is 0 Å². The fraction of sp³-hybridized carbons (Fsp3) is 0.382. The average molecular weight is 917 g/mol. The van der Waals surface area contributed by atoms with E-state index >= 15 is 0 Å². The van der Waals surface area contributed by atoms with E-state index in [2.05, 4.69) is 26.3 Å². The van der Waals surface area contributed by atoms with Crippen molar-refractivity contribution in [1.82, 2.24) is 0 Å². The molecule has 0 bridgehead atoms. The highest BCUT2D eigenvalue weighted by Gasteiger charge is 2.58. The number of carbonyl (C=O) groups is 6. The third-order valence-electron chi connectivity index (χ3n) is 12.7. The normalized spacial score (nSPS) is 18.1. The Morgan fingerprint density at radius 1 is 0.537 bits per heavy atom. The van der Waals surface area contributed by atoms with Gasteiger partial charge in [0.25, 0.3) is 0 Å². The first-order chi connectivity index (χ1) is 31.7. The van der Waals surface area contributed by atoms with E-state index in [0.717, 1.165) is 12.2 Å². The van der Waals surface area contributed by atoms with E-state index in [0.29, 0.717) is 56.4 Å². The molecule has 2 aromatic carbocycles. The van der Waals surface area contributed by atoms with Gasteiger partial charge >= 0.3 is 0 Å². The van der Waals surface area contributed by atoms with Crippen LogP contribution < -0.4 is 18.9 Å². The Hall–Kier alpha value is -6.82. The molecule has 0 aromatic heterocycles. The molecule has 0 radical (unpaired) electrons. The van der Waals surface area contributed by atoms with Gasteiger partial charge in [0, 0.05) is 17.6 Å². The summed E-state index contributed by atoms with van der Waals surface area (Å²) in [6.45, 7) is 23.0. The quantitative estimate of drug-likeness (QED) is 0.0579. The highest BCUT2D eigenvalue weighted by Crippen LogP contribution is 2.51. The summed E-state index contributed by atoms with van der Waals surface area (Å²) >= 11 is 0. The molecular weight excluding hydrogens is 853 g/mol. The number of methoxy groups -OCH3 is 4. The number of ketones is 6. The summed E-state index contributed by atoms with van der Waals surface area (Å²) in [5, 5.41) is 25.0. The van der Waals surface area contributed by atoms with Crippen LogP contribution in [0.1, 0.15) is 96.6 Å². The number of hydrogen-bond acceptors (Lipinski definition) is 12. The Kier molecular flexibility index (Phi) is 17.8. The molecule has 2 aromatic rings. The summed E-state index contributed by atoms with van der Waals surface area (Å²) in [4.78, 5) is 88.9. The van der Waals surface area contributed by atoms with E-state index in [4.69, 9.17) is 18.9 Å². The van der Waals surface area contributed by atoms with Gasteiger partial charge in [0.05, 0.1) is 50.4 Å². The Bertz CT molecular complexity index is 2250. The molecule has 0 heterocycles. The van der Waals surface area contributed by atoms with Crippen molar-refractivity contribution in [3.63, 3.8) is 0 Å². The summed E-state index contributed by atoms with van der Waals surface area (Å²) < 4.78 is 21.9. The monoisotopic (exact) mass is 916 g/mol. The van der Waals surface area contributed by atoms with E-state index in [1.165, 1.54) is 40.6 Å². The molecule has 2 N–H and O–H groups in total. The van der Waals surface area contributed by atoms with Gasteiger partial charge in [0.15, 0.2) is 34.7 Å². The Morgan fingerprint density at radius 3 is 1.04 bits per heavy atom. The van der Waals surface area contributed by atoms with Crippen LogP contribution in [0.15, 0.2) is 120 Å². The van der Waals surface area contributed by atoms with E-state index in [-0.39, 0.29) is 51.4 Å². The molecule has 67 heavy (non-hydrogen) atoms. The predicted molar refractivity (Wildman–Crippen MR) is 259 cm³/mol. The van der Waals surface area contributed by atoms with Crippen LogP contribution in [-0.4, -0.2) is 73.4 Å². The van der Waals surface area contributed by atoms with Crippen LogP contribution in [-0.2, 0) is 28.8 Å².